The Labute approximate surface area is 232 Å². The van der Waals surface area contributed by atoms with Gasteiger partial charge in [0.25, 0.3) is 0 Å². The predicted molar refractivity (Wildman–Crippen MR) is 151 cm³/mol. The van der Waals surface area contributed by atoms with Crippen LogP contribution in [-0.4, -0.2) is 33.3 Å². The zero-order chi connectivity index (χ0) is 28.4. The van der Waals surface area contributed by atoms with Crippen molar-refractivity contribution in [2.45, 2.75) is 31.3 Å². The molecule has 0 radical (unpaired) electrons. The standard InChI is InChI=1S/C33H29FN2O4/c1-21-13-15-23(16-14-21)29-27(30(37)24-11-7-4-8-12-24)28(22-9-5-3-6-10-22)33(2,31(38)39)36(29)32(40)35-26-19-17-25(34)18-20-26/h3-20,27-29H,1-2H3,(H,35,40)(H,38,39). The number of anilines is 1. The Balaban J connectivity index is 1.75. The number of nitrogens with one attached hydrogen (secondary N) is 1. The van der Waals surface area contributed by atoms with Crippen LogP contribution in [0.25, 0.3) is 0 Å². The van der Waals surface area contributed by atoms with E-state index in [2.05, 4.69) is 5.32 Å². The van der Waals surface area contributed by atoms with Gasteiger partial charge in [0.2, 0.25) is 0 Å². The highest BCUT2D eigenvalue weighted by Crippen LogP contribution is 2.56. The number of halogens is 1. The van der Waals surface area contributed by atoms with Gasteiger partial charge in [0.15, 0.2) is 5.78 Å². The van der Waals surface area contributed by atoms with E-state index in [1.165, 1.54) is 36.1 Å². The SMILES string of the molecule is Cc1ccc(C2C(C(=O)c3ccccc3)C(c3ccccc3)C(C)(C(=O)O)N2C(=O)Nc2ccc(F)cc2)cc1. The maximum atomic E-state index is 14.4. The lowest BCUT2D eigenvalue weighted by atomic mass is 9.71. The number of hydrogen-bond donors (Lipinski definition) is 2. The molecule has 1 heterocycles. The van der Waals surface area contributed by atoms with E-state index >= 15 is 0 Å². The molecule has 1 aliphatic rings. The minimum atomic E-state index is -1.82. The van der Waals surface area contributed by atoms with Crippen molar-refractivity contribution in [3.63, 3.8) is 0 Å². The second-order valence-electron chi connectivity index (χ2n) is 10.3. The molecule has 4 aromatic carbocycles. The van der Waals surface area contributed by atoms with Crippen molar-refractivity contribution in [3.05, 3.63) is 137 Å². The van der Waals surface area contributed by atoms with Gasteiger partial charge in [-0.3, -0.25) is 9.69 Å². The molecule has 0 saturated carbocycles. The molecule has 0 aromatic heterocycles. The number of likely N-dealkylation sites (tertiary alicyclic amines) is 1. The van der Waals surface area contributed by atoms with Crippen LogP contribution in [0, 0.1) is 18.7 Å². The Morgan fingerprint density at radius 1 is 0.800 bits per heavy atom. The van der Waals surface area contributed by atoms with Gasteiger partial charge in [-0.2, -0.15) is 0 Å². The highest BCUT2D eigenvalue weighted by atomic mass is 19.1. The summed E-state index contributed by atoms with van der Waals surface area (Å²) < 4.78 is 13.6. The molecule has 2 amide bonds. The third-order valence-corrected chi connectivity index (χ3v) is 7.77. The summed E-state index contributed by atoms with van der Waals surface area (Å²) in [7, 11) is 0. The topological polar surface area (TPSA) is 86.7 Å². The van der Waals surface area contributed by atoms with Gasteiger partial charge in [-0.05, 0) is 49.2 Å². The number of hydrogen-bond acceptors (Lipinski definition) is 3. The Morgan fingerprint density at radius 2 is 1.38 bits per heavy atom. The lowest BCUT2D eigenvalue weighted by Crippen LogP contribution is -2.55. The number of rotatable bonds is 6. The number of benzene rings is 4. The van der Waals surface area contributed by atoms with Gasteiger partial charge in [-0.25, -0.2) is 14.0 Å². The van der Waals surface area contributed by atoms with Crippen LogP contribution in [0.4, 0.5) is 14.9 Å². The normalized spacial score (nSPS) is 22.1. The van der Waals surface area contributed by atoms with Crippen LogP contribution in [0.3, 0.4) is 0 Å². The van der Waals surface area contributed by atoms with Crippen LogP contribution in [0.1, 0.15) is 45.9 Å². The van der Waals surface area contributed by atoms with Gasteiger partial charge >= 0.3 is 12.0 Å². The molecule has 1 saturated heterocycles. The molecule has 4 atom stereocenters. The number of urea groups is 1. The van der Waals surface area contributed by atoms with E-state index in [4.69, 9.17) is 0 Å². The molecule has 0 bridgehead atoms. The molecule has 202 valence electrons. The van der Waals surface area contributed by atoms with Gasteiger partial charge in [-0.15, -0.1) is 0 Å². The maximum absolute atomic E-state index is 14.4. The van der Waals surface area contributed by atoms with E-state index in [1.807, 2.05) is 37.3 Å². The van der Waals surface area contributed by atoms with Crippen molar-refractivity contribution in [2.24, 2.45) is 5.92 Å². The third-order valence-electron chi connectivity index (χ3n) is 7.77. The van der Waals surface area contributed by atoms with Crippen LogP contribution in [-0.2, 0) is 4.79 Å². The monoisotopic (exact) mass is 536 g/mol. The zero-order valence-electron chi connectivity index (χ0n) is 22.1. The summed E-state index contributed by atoms with van der Waals surface area (Å²) in [5.41, 5.74) is 1.16. The Kier molecular flexibility index (Phi) is 7.22. The molecule has 6 nitrogen and oxygen atoms in total. The summed E-state index contributed by atoms with van der Waals surface area (Å²) in [6.45, 7) is 3.43. The molecule has 0 spiro atoms. The van der Waals surface area contributed by atoms with Gasteiger partial charge < -0.3 is 10.4 Å². The number of carbonyl (C=O) groups excluding carboxylic acids is 2. The second-order valence-corrected chi connectivity index (χ2v) is 10.3. The molecule has 1 fully saturated rings. The van der Waals surface area contributed by atoms with Gasteiger partial charge in [0.1, 0.15) is 11.4 Å². The van der Waals surface area contributed by atoms with Crippen LogP contribution in [0.5, 0.6) is 0 Å². The number of amides is 2. The van der Waals surface area contributed by atoms with Crippen molar-refractivity contribution in [1.82, 2.24) is 4.90 Å². The number of carboxylic acid groups (broad SMARTS) is 1. The molecule has 5 rings (SSSR count). The lowest BCUT2D eigenvalue weighted by Gasteiger charge is -2.37. The fraction of sp³-hybridized carbons (Fsp3) is 0.182. The van der Waals surface area contributed by atoms with Crippen molar-refractivity contribution >= 4 is 23.5 Å². The van der Waals surface area contributed by atoms with Crippen molar-refractivity contribution in [2.75, 3.05) is 5.32 Å². The number of nitrogens with zero attached hydrogens (tertiary/aromatic N) is 1. The summed E-state index contributed by atoms with van der Waals surface area (Å²) in [4.78, 5) is 43.0. The maximum Gasteiger partial charge on any atom is 0.330 e. The van der Waals surface area contributed by atoms with Gasteiger partial charge in [0, 0.05) is 17.2 Å². The average Bonchev–Trinajstić information content (AvgIpc) is 3.25. The number of aliphatic carboxylic acids is 1. The summed E-state index contributed by atoms with van der Waals surface area (Å²) in [5, 5.41) is 13.6. The molecule has 4 aromatic rings. The number of ketones is 1. The molecule has 7 heteroatoms. The summed E-state index contributed by atoms with van der Waals surface area (Å²) in [6.07, 6.45) is 0. The van der Waals surface area contributed by atoms with Crippen LogP contribution in [0.15, 0.2) is 109 Å². The first-order valence-corrected chi connectivity index (χ1v) is 13.0. The van der Waals surface area contributed by atoms with E-state index in [9.17, 15) is 23.9 Å². The van der Waals surface area contributed by atoms with E-state index in [1.54, 1.807) is 54.6 Å². The summed E-state index contributed by atoms with van der Waals surface area (Å²) in [6, 6.07) is 28.8. The van der Waals surface area contributed by atoms with Crippen LogP contribution >= 0.6 is 0 Å². The van der Waals surface area contributed by atoms with Crippen molar-refractivity contribution in [1.29, 1.82) is 0 Å². The number of Topliss-reactive ketones (excluding diaryl/α,β-unsaturated/α-hetero) is 1. The van der Waals surface area contributed by atoms with Gasteiger partial charge in [0.05, 0.1) is 12.0 Å². The molecular weight excluding hydrogens is 507 g/mol. The van der Waals surface area contributed by atoms with E-state index in [-0.39, 0.29) is 5.78 Å². The largest absolute Gasteiger partial charge is 0.479 e. The molecule has 0 aliphatic carbocycles. The van der Waals surface area contributed by atoms with Crippen LogP contribution < -0.4 is 5.32 Å². The van der Waals surface area contributed by atoms with Crippen molar-refractivity contribution < 1.29 is 23.9 Å². The van der Waals surface area contributed by atoms with Crippen LogP contribution in [0.2, 0.25) is 0 Å². The highest BCUT2D eigenvalue weighted by Gasteiger charge is 2.65. The fourth-order valence-corrected chi connectivity index (χ4v) is 5.82. The first-order chi connectivity index (χ1) is 19.2. The Hall–Kier alpha value is -4.78. The first-order valence-electron chi connectivity index (χ1n) is 13.0. The predicted octanol–water partition coefficient (Wildman–Crippen LogP) is 6.85. The van der Waals surface area contributed by atoms with Crippen molar-refractivity contribution in [3.8, 4) is 0 Å². The molecular formula is C33H29FN2O4. The molecule has 40 heavy (non-hydrogen) atoms. The van der Waals surface area contributed by atoms with Gasteiger partial charge in [-0.1, -0.05) is 90.5 Å². The average molecular weight is 537 g/mol. The minimum Gasteiger partial charge on any atom is -0.479 e. The highest BCUT2D eigenvalue weighted by molar-refractivity contribution is 6.03. The van der Waals surface area contributed by atoms with E-state index in [0.717, 1.165) is 5.56 Å². The smallest absolute Gasteiger partial charge is 0.330 e. The zero-order valence-corrected chi connectivity index (χ0v) is 22.1. The molecule has 1 aliphatic heterocycles. The summed E-state index contributed by atoms with van der Waals surface area (Å²) >= 11 is 0. The molecule has 2 N–H and O–H groups in total. The second kappa shape index (κ2) is 10.8. The fourth-order valence-electron chi connectivity index (χ4n) is 5.82. The Morgan fingerprint density at radius 3 is 1.95 bits per heavy atom. The number of carboxylic acids is 1. The summed E-state index contributed by atoms with van der Waals surface area (Å²) in [5.74, 6) is -3.78. The number of carbonyl (C=O) groups is 3. The number of aryl methyl sites for hydroxylation is 1. The third kappa shape index (κ3) is 4.75. The quantitative estimate of drug-likeness (QED) is 0.264. The lowest BCUT2D eigenvalue weighted by molar-refractivity contribution is -0.148. The first kappa shape index (κ1) is 26.8. The molecule has 4 unspecified atom stereocenters. The Bertz CT molecular complexity index is 1520. The van der Waals surface area contributed by atoms with E-state index in [0.29, 0.717) is 22.4 Å². The van der Waals surface area contributed by atoms with E-state index < -0.39 is 41.2 Å². The minimum absolute atomic E-state index is 0.260.